The second-order valence-corrected chi connectivity index (χ2v) is 5.91. The maximum atomic E-state index is 13.7. The first-order valence-electron chi connectivity index (χ1n) is 5.56. The normalized spacial score (nSPS) is 12.3. The summed E-state index contributed by atoms with van der Waals surface area (Å²) in [5.41, 5.74) is 7.76. The molecule has 1 unspecified atom stereocenters. The van der Waals surface area contributed by atoms with Crippen LogP contribution in [0, 0.1) is 5.82 Å². The Kier molecular flexibility index (Phi) is 4.60. The van der Waals surface area contributed by atoms with Gasteiger partial charge in [-0.25, -0.2) is 4.39 Å². The summed E-state index contributed by atoms with van der Waals surface area (Å²) < 4.78 is 20.4. The van der Waals surface area contributed by atoms with Crippen molar-refractivity contribution in [2.75, 3.05) is 7.11 Å². The molecule has 5 heteroatoms. The Morgan fingerprint density at radius 3 is 2.21 bits per heavy atom. The van der Waals surface area contributed by atoms with E-state index in [1.807, 2.05) is 18.2 Å². The standard InChI is InChI=1S/C14H12Br2FNO/c1-19-13-3-2-8(6-12(13)17)14(18)9-4-10(15)7-11(16)5-9/h2-7,14H,18H2,1H3. The van der Waals surface area contributed by atoms with E-state index in [4.69, 9.17) is 10.5 Å². The van der Waals surface area contributed by atoms with Crippen LogP contribution in [0.5, 0.6) is 5.75 Å². The van der Waals surface area contributed by atoms with Crippen molar-refractivity contribution >= 4 is 31.9 Å². The first kappa shape index (κ1) is 14.5. The van der Waals surface area contributed by atoms with Crippen molar-refractivity contribution in [2.45, 2.75) is 6.04 Å². The Bertz CT molecular complexity index is 584. The summed E-state index contributed by atoms with van der Waals surface area (Å²) in [6.07, 6.45) is 0. The topological polar surface area (TPSA) is 35.2 Å². The van der Waals surface area contributed by atoms with Gasteiger partial charge in [-0.05, 0) is 41.5 Å². The molecule has 0 amide bonds. The molecule has 19 heavy (non-hydrogen) atoms. The first-order valence-corrected chi connectivity index (χ1v) is 7.15. The molecule has 2 aromatic carbocycles. The average Bonchev–Trinajstić information content (AvgIpc) is 2.36. The van der Waals surface area contributed by atoms with Crippen LogP contribution in [0.4, 0.5) is 4.39 Å². The van der Waals surface area contributed by atoms with Crippen molar-refractivity contribution < 1.29 is 9.13 Å². The van der Waals surface area contributed by atoms with Crippen molar-refractivity contribution in [2.24, 2.45) is 5.73 Å². The van der Waals surface area contributed by atoms with Gasteiger partial charge in [-0.15, -0.1) is 0 Å². The zero-order valence-corrected chi connectivity index (χ0v) is 13.3. The molecule has 2 N–H and O–H groups in total. The second-order valence-electron chi connectivity index (χ2n) is 4.07. The lowest BCUT2D eigenvalue weighted by Crippen LogP contribution is -2.12. The average molecular weight is 389 g/mol. The van der Waals surface area contributed by atoms with E-state index in [9.17, 15) is 4.39 Å². The van der Waals surface area contributed by atoms with Gasteiger partial charge in [0.25, 0.3) is 0 Å². The Morgan fingerprint density at radius 2 is 1.68 bits per heavy atom. The first-order chi connectivity index (χ1) is 9.01. The number of hydrogen-bond acceptors (Lipinski definition) is 2. The van der Waals surface area contributed by atoms with Crippen LogP contribution in [0.1, 0.15) is 17.2 Å². The molecule has 2 nitrogen and oxygen atoms in total. The Morgan fingerprint density at radius 1 is 1.05 bits per heavy atom. The molecule has 0 bridgehead atoms. The Labute approximate surface area is 128 Å². The molecule has 2 rings (SSSR count). The highest BCUT2D eigenvalue weighted by atomic mass is 79.9. The van der Waals surface area contributed by atoms with Crippen molar-refractivity contribution in [3.8, 4) is 5.75 Å². The largest absolute Gasteiger partial charge is 0.494 e. The predicted molar refractivity (Wildman–Crippen MR) is 80.8 cm³/mol. The molecule has 0 aliphatic rings. The molecule has 2 aromatic rings. The minimum atomic E-state index is -0.412. The van der Waals surface area contributed by atoms with Crippen LogP contribution in [0.2, 0.25) is 0 Å². The molecule has 0 aliphatic carbocycles. The van der Waals surface area contributed by atoms with E-state index in [0.29, 0.717) is 5.56 Å². The minimum Gasteiger partial charge on any atom is -0.494 e. The number of methoxy groups -OCH3 is 1. The lowest BCUT2D eigenvalue weighted by atomic mass is 9.99. The minimum absolute atomic E-state index is 0.214. The van der Waals surface area contributed by atoms with Crippen molar-refractivity contribution in [1.29, 1.82) is 0 Å². The summed E-state index contributed by atoms with van der Waals surface area (Å²) in [6.45, 7) is 0. The van der Waals surface area contributed by atoms with Gasteiger partial charge in [0.1, 0.15) is 0 Å². The zero-order chi connectivity index (χ0) is 14.0. The number of nitrogens with two attached hydrogens (primary N) is 1. The number of benzene rings is 2. The third kappa shape index (κ3) is 3.35. The zero-order valence-electron chi connectivity index (χ0n) is 10.2. The van der Waals surface area contributed by atoms with Gasteiger partial charge in [0.05, 0.1) is 13.2 Å². The van der Waals surface area contributed by atoms with Crippen LogP contribution in [0.3, 0.4) is 0 Å². The molecule has 100 valence electrons. The third-order valence-electron chi connectivity index (χ3n) is 2.78. The van der Waals surface area contributed by atoms with Crippen LogP contribution < -0.4 is 10.5 Å². The number of rotatable bonds is 3. The lowest BCUT2D eigenvalue weighted by molar-refractivity contribution is 0.386. The van der Waals surface area contributed by atoms with E-state index in [1.165, 1.54) is 13.2 Å². The fourth-order valence-corrected chi connectivity index (χ4v) is 3.15. The third-order valence-corrected chi connectivity index (χ3v) is 3.69. The van der Waals surface area contributed by atoms with Gasteiger partial charge in [-0.3, -0.25) is 0 Å². The summed E-state index contributed by atoms with van der Waals surface area (Å²) in [5, 5.41) is 0. The van der Waals surface area contributed by atoms with E-state index in [1.54, 1.807) is 12.1 Å². The van der Waals surface area contributed by atoms with Gasteiger partial charge in [-0.1, -0.05) is 37.9 Å². The molecule has 0 aliphatic heterocycles. The van der Waals surface area contributed by atoms with Gasteiger partial charge in [0, 0.05) is 8.95 Å². The van der Waals surface area contributed by atoms with Crippen molar-refractivity contribution in [3.05, 3.63) is 62.3 Å². The predicted octanol–water partition coefficient (Wildman–Crippen LogP) is 4.41. The van der Waals surface area contributed by atoms with Gasteiger partial charge < -0.3 is 10.5 Å². The van der Waals surface area contributed by atoms with E-state index in [0.717, 1.165) is 14.5 Å². The Balaban J connectivity index is 2.38. The molecule has 1 atom stereocenters. The summed E-state index contributed by atoms with van der Waals surface area (Å²) in [5.74, 6) is -0.198. The molecule has 0 fully saturated rings. The molecule has 0 saturated heterocycles. The summed E-state index contributed by atoms with van der Waals surface area (Å²) in [6, 6.07) is 10.1. The maximum Gasteiger partial charge on any atom is 0.165 e. The fourth-order valence-electron chi connectivity index (χ4n) is 1.82. The Hall–Kier alpha value is -0.910. The molecular formula is C14H12Br2FNO. The van der Waals surface area contributed by atoms with Crippen LogP contribution >= 0.6 is 31.9 Å². The monoisotopic (exact) mass is 387 g/mol. The van der Waals surface area contributed by atoms with Gasteiger partial charge in [-0.2, -0.15) is 0 Å². The smallest absolute Gasteiger partial charge is 0.165 e. The SMILES string of the molecule is COc1ccc(C(N)c2cc(Br)cc(Br)c2)cc1F. The summed E-state index contributed by atoms with van der Waals surface area (Å²) in [4.78, 5) is 0. The van der Waals surface area contributed by atoms with Gasteiger partial charge in [0.15, 0.2) is 11.6 Å². The van der Waals surface area contributed by atoms with Crippen LogP contribution in [-0.4, -0.2) is 7.11 Å². The number of hydrogen-bond donors (Lipinski definition) is 1. The van der Waals surface area contributed by atoms with Crippen LogP contribution in [-0.2, 0) is 0 Å². The highest BCUT2D eigenvalue weighted by Gasteiger charge is 2.13. The van der Waals surface area contributed by atoms with Gasteiger partial charge in [0.2, 0.25) is 0 Å². The fraction of sp³-hybridized carbons (Fsp3) is 0.143. The second kappa shape index (κ2) is 6.03. The van der Waals surface area contributed by atoms with Gasteiger partial charge >= 0.3 is 0 Å². The molecular weight excluding hydrogens is 377 g/mol. The maximum absolute atomic E-state index is 13.7. The van der Waals surface area contributed by atoms with Crippen molar-refractivity contribution in [3.63, 3.8) is 0 Å². The highest BCUT2D eigenvalue weighted by Crippen LogP contribution is 2.28. The van der Waals surface area contributed by atoms with E-state index in [2.05, 4.69) is 31.9 Å². The number of ether oxygens (including phenoxy) is 1. The lowest BCUT2D eigenvalue weighted by Gasteiger charge is -2.14. The number of halogens is 3. The molecule has 0 radical (unpaired) electrons. The van der Waals surface area contributed by atoms with E-state index < -0.39 is 11.9 Å². The molecule has 0 aromatic heterocycles. The molecule has 0 saturated carbocycles. The highest BCUT2D eigenvalue weighted by molar-refractivity contribution is 9.11. The van der Waals surface area contributed by atoms with Crippen molar-refractivity contribution in [1.82, 2.24) is 0 Å². The summed E-state index contributed by atoms with van der Waals surface area (Å²) in [7, 11) is 1.43. The quantitative estimate of drug-likeness (QED) is 0.845. The molecule has 0 spiro atoms. The summed E-state index contributed by atoms with van der Waals surface area (Å²) >= 11 is 6.82. The van der Waals surface area contributed by atoms with E-state index in [-0.39, 0.29) is 5.75 Å². The van der Waals surface area contributed by atoms with Crippen LogP contribution in [0.15, 0.2) is 45.3 Å². The van der Waals surface area contributed by atoms with E-state index >= 15 is 0 Å². The molecule has 0 heterocycles. The van der Waals surface area contributed by atoms with Crippen LogP contribution in [0.25, 0.3) is 0 Å².